The predicted octanol–water partition coefficient (Wildman–Crippen LogP) is 2.15. The lowest BCUT2D eigenvalue weighted by molar-refractivity contribution is 0.322. The van der Waals surface area contributed by atoms with Crippen LogP contribution in [0.5, 0.6) is 0 Å². The summed E-state index contributed by atoms with van der Waals surface area (Å²) in [5, 5.41) is 16.5. The summed E-state index contributed by atoms with van der Waals surface area (Å²) in [5.74, 6) is 2.09. The van der Waals surface area contributed by atoms with Crippen LogP contribution in [0.15, 0.2) is 12.2 Å². The standard InChI is InChI=1S/C4H7Cl.C4H10O2S2/c1-4(2)3-5;5-1-3-7-8-4-2-6/h1,3H2,2H3;5-6H,1-4H2. The van der Waals surface area contributed by atoms with Gasteiger partial charge in [-0.3, -0.25) is 0 Å². The third-order valence-corrected chi connectivity index (χ3v) is 3.48. The van der Waals surface area contributed by atoms with Crippen LogP contribution in [0, 0.1) is 0 Å². The Morgan fingerprint density at radius 1 is 1.23 bits per heavy atom. The fourth-order valence-corrected chi connectivity index (χ4v) is 1.73. The van der Waals surface area contributed by atoms with Gasteiger partial charge in [-0.1, -0.05) is 33.7 Å². The summed E-state index contributed by atoms with van der Waals surface area (Å²) in [6, 6.07) is 0. The zero-order chi connectivity index (χ0) is 10.5. The number of aliphatic hydroxyl groups excluding tert-OH is 2. The second-order valence-corrected chi connectivity index (χ2v) is 5.15. The van der Waals surface area contributed by atoms with E-state index in [4.69, 9.17) is 21.8 Å². The molecular formula is C8H17ClO2S2. The molecular weight excluding hydrogens is 228 g/mol. The highest BCUT2D eigenvalue weighted by atomic mass is 35.5. The van der Waals surface area contributed by atoms with Gasteiger partial charge in [0.05, 0.1) is 13.2 Å². The SMILES string of the molecule is C=C(C)CCl.OCCSSCCO. The summed E-state index contributed by atoms with van der Waals surface area (Å²) < 4.78 is 0. The molecule has 0 saturated carbocycles. The van der Waals surface area contributed by atoms with Gasteiger partial charge in [0.1, 0.15) is 0 Å². The van der Waals surface area contributed by atoms with Crippen molar-refractivity contribution >= 4 is 33.2 Å². The van der Waals surface area contributed by atoms with Gasteiger partial charge in [0.15, 0.2) is 0 Å². The normalized spacial score (nSPS) is 8.92. The van der Waals surface area contributed by atoms with Gasteiger partial charge in [0.25, 0.3) is 0 Å². The van der Waals surface area contributed by atoms with Gasteiger partial charge in [-0.2, -0.15) is 0 Å². The maximum Gasteiger partial charge on any atom is 0.0530 e. The van der Waals surface area contributed by atoms with Crippen molar-refractivity contribution in [3.05, 3.63) is 12.2 Å². The highest BCUT2D eigenvalue weighted by Gasteiger charge is 1.85. The van der Waals surface area contributed by atoms with Gasteiger partial charge in [-0.25, -0.2) is 0 Å². The summed E-state index contributed by atoms with van der Waals surface area (Å²) >= 11 is 5.24. The summed E-state index contributed by atoms with van der Waals surface area (Å²) in [4.78, 5) is 0. The van der Waals surface area contributed by atoms with Crippen LogP contribution >= 0.6 is 33.2 Å². The number of aliphatic hydroxyl groups is 2. The molecule has 0 aliphatic rings. The molecule has 0 bridgehead atoms. The van der Waals surface area contributed by atoms with Crippen molar-refractivity contribution in [2.24, 2.45) is 0 Å². The molecule has 2 nitrogen and oxygen atoms in total. The Morgan fingerprint density at radius 2 is 1.54 bits per heavy atom. The Morgan fingerprint density at radius 3 is 1.69 bits per heavy atom. The topological polar surface area (TPSA) is 40.5 Å². The van der Waals surface area contributed by atoms with Crippen LogP contribution < -0.4 is 0 Å². The van der Waals surface area contributed by atoms with E-state index in [1.54, 1.807) is 21.6 Å². The van der Waals surface area contributed by atoms with E-state index in [0.717, 1.165) is 17.1 Å². The van der Waals surface area contributed by atoms with E-state index in [2.05, 4.69) is 6.58 Å². The largest absolute Gasteiger partial charge is 0.395 e. The first-order chi connectivity index (χ1) is 6.18. The molecule has 80 valence electrons. The average molecular weight is 245 g/mol. The number of halogens is 1. The maximum absolute atomic E-state index is 8.27. The van der Waals surface area contributed by atoms with Gasteiger partial charge >= 0.3 is 0 Å². The van der Waals surface area contributed by atoms with Crippen molar-refractivity contribution in [3.63, 3.8) is 0 Å². The minimum Gasteiger partial charge on any atom is -0.395 e. The molecule has 0 rings (SSSR count). The van der Waals surface area contributed by atoms with Gasteiger partial charge < -0.3 is 10.2 Å². The Balaban J connectivity index is 0. The van der Waals surface area contributed by atoms with Crippen molar-refractivity contribution in [1.29, 1.82) is 0 Å². The third kappa shape index (κ3) is 24.5. The van der Waals surface area contributed by atoms with E-state index in [-0.39, 0.29) is 13.2 Å². The molecule has 0 unspecified atom stereocenters. The first kappa shape index (κ1) is 16.1. The first-order valence-electron chi connectivity index (χ1n) is 3.85. The molecule has 0 aliphatic heterocycles. The Bertz CT molecular complexity index is 106. The summed E-state index contributed by atoms with van der Waals surface area (Å²) in [7, 11) is 3.17. The lowest BCUT2D eigenvalue weighted by atomic mass is 10.4. The van der Waals surface area contributed by atoms with Gasteiger partial charge in [0, 0.05) is 17.4 Å². The minimum atomic E-state index is 0.225. The van der Waals surface area contributed by atoms with E-state index in [1.807, 2.05) is 6.92 Å². The molecule has 13 heavy (non-hydrogen) atoms. The second-order valence-electron chi connectivity index (χ2n) is 2.18. The molecule has 0 heterocycles. The second kappa shape index (κ2) is 15.1. The van der Waals surface area contributed by atoms with Crippen molar-refractivity contribution in [1.82, 2.24) is 0 Å². The molecule has 0 amide bonds. The van der Waals surface area contributed by atoms with Crippen LogP contribution in [0.3, 0.4) is 0 Å². The van der Waals surface area contributed by atoms with Crippen LogP contribution in [0.4, 0.5) is 0 Å². The summed E-state index contributed by atoms with van der Waals surface area (Å²) in [5.41, 5.74) is 1.02. The van der Waals surface area contributed by atoms with Crippen molar-refractivity contribution in [2.75, 3.05) is 30.6 Å². The molecule has 0 aromatic carbocycles. The van der Waals surface area contributed by atoms with Gasteiger partial charge in [0.2, 0.25) is 0 Å². The molecule has 0 radical (unpaired) electrons. The highest BCUT2D eigenvalue weighted by molar-refractivity contribution is 8.76. The molecule has 0 saturated heterocycles. The molecule has 0 atom stereocenters. The summed E-state index contributed by atoms with van der Waals surface area (Å²) in [6.07, 6.45) is 0. The van der Waals surface area contributed by atoms with E-state index in [0.29, 0.717) is 5.88 Å². The molecule has 0 aliphatic carbocycles. The van der Waals surface area contributed by atoms with Crippen LogP contribution in [0.1, 0.15) is 6.92 Å². The smallest absolute Gasteiger partial charge is 0.0530 e. The van der Waals surface area contributed by atoms with Gasteiger partial charge in [-0.15, -0.1) is 11.6 Å². The van der Waals surface area contributed by atoms with Crippen LogP contribution in [0.2, 0.25) is 0 Å². The summed E-state index contributed by atoms with van der Waals surface area (Å²) in [6.45, 7) is 5.89. The number of alkyl halides is 1. The number of hydrogen-bond donors (Lipinski definition) is 2. The number of allylic oxidation sites excluding steroid dienone is 1. The van der Waals surface area contributed by atoms with E-state index in [1.165, 1.54) is 0 Å². The van der Waals surface area contributed by atoms with Gasteiger partial charge in [-0.05, 0) is 6.92 Å². The lowest BCUT2D eigenvalue weighted by Crippen LogP contribution is -1.85. The maximum atomic E-state index is 8.27. The lowest BCUT2D eigenvalue weighted by Gasteiger charge is -1.93. The van der Waals surface area contributed by atoms with E-state index < -0.39 is 0 Å². The fraction of sp³-hybridized carbons (Fsp3) is 0.750. The highest BCUT2D eigenvalue weighted by Crippen LogP contribution is 2.18. The molecule has 0 fully saturated rings. The zero-order valence-electron chi connectivity index (χ0n) is 7.83. The quantitative estimate of drug-likeness (QED) is 0.325. The zero-order valence-corrected chi connectivity index (χ0v) is 10.2. The van der Waals surface area contributed by atoms with Crippen LogP contribution in [-0.2, 0) is 0 Å². The third-order valence-electron chi connectivity index (χ3n) is 0.661. The minimum absolute atomic E-state index is 0.225. The fourth-order valence-electron chi connectivity index (χ4n) is 0.192. The Labute approximate surface area is 93.1 Å². The molecule has 0 aromatic rings. The monoisotopic (exact) mass is 244 g/mol. The van der Waals surface area contributed by atoms with Crippen molar-refractivity contribution in [2.45, 2.75) is 6.92 Å². The Hall–Kier alpha value is 0.650. The molecule has 5 heteroatoms. The first-order valence-corrected chi connectivity index (χ1v) is 6.87. The van der Waals surface area contributed by atoms with Crippen LogP contribution in [0.25, 0.3) is 0 Å². The van der Waals surface area contributed by atoms with Crippen LogP contribution in [-0.4, -0.2) is 40.8 Å². The van der Waals surface area contributed by atoms with Crippen molar-refractivity contribution in [3.8, 4) is 0 Å². The molecule has 2 N–H and O–H groups in total. The number of rotatable bonds is 6. The predicted molar refractivity (Wildman–Crippen MR) is 64.6 cm³/mol. The average Bonchev–Trinajstić information content (AvgIpc) is 2.14. The number of hydrogen-bond acceptors (Lipinski definition) is 4. The van der Waals surface area contributed by atoms with E-state index >= 15 is 0 Å². The van der Waals surface area contributed by atoms with Crippen molar-refractivity contribution < 1.29 is 10.2 Å². The molecule has 0 aromatic heterocycles. The van der Waals surface area contributed by atoms with E-state index in [9.17, 15) is 0 Å². The Kier molecular flexibility index (Phi) is 18.7. The molecule has 0 spiro atoms.